The molecule has 0 aliphatic heterocycles. The van der Waals surface area contributed by atoms with Crippen molar-refractivity contribution in [1.82, 2.24) is 0 Å². The van der Waals surface area contributed by atoms with E-state index >= 15 is 0 Å². The maximum atomic E-state index is 4.93. The first-order valence-electron chi connectivity index (χ1n) is 7.02. The summed E-state index contributed by atoms with van der Waals surface area (Å²) in [6.45, 7) is 8.99. The molecular weight excluding hydrogens is 378 g/mol. The Hall–Kier alpha value is 0.423. The van der Waals surface area contributed by atoms with E-state index in [1.807, 2.05) is 0 Å². The zero-order chi connectivity index (χ0) is 14.8. The fourth-order valence-corrected chi connectivity index (χ4v) is 4.07. The van der Waals surface area contributed by atoms with Crippen LogP contribution in [0.2, 0.25) is 0 Å². The summed E-state index contributed by atoms with van der Waals surface area (Å²) in [6.07, 6.45) is 18.5. The molecule has 0 spiro atoms. The second-order valence-corrected chi connectivity index (χ2v) is 10.2. The van der Waals surface area contributed by atoms with Crippen LogP contribution in [0.4, 0.5) is 0 Å². The van der Waals surface area contributed by atoms with Crippen molar-refractivity contribution in [1.29, 1.82) is 0 Å². The van der Waals surface area contributed by atoms with E-state index in [-0.39, 0.29) is 12.8 Å². The Morgan fingerprint density at radius 1 is 0.810 bits per heavy atom. The first-order chi connectivity index (χ1) is 9.50. The van der Waals surface area contributed by atoms with Crippen LogP contribution in [-0.4, -0.2) is 0 Å². The van der Waals surface area contributed by atoms with Crippen molar-refractivity contribution in [2.24, 2.45) is 35.0 Å². The molecule has 21 heavy (non-hydrogen) atoms. The van der Waals surface area contributed by atoms with Crippen LogP contribution in [0, 0.1) is 49.4 Å². The van der Waals surface area contributed by atoms with E-state index in [0.717, 1.165) is 0 Å². The van der Waals surface area contributed by atoms with Crippen LogP contribution in [0.5, 0.6) is 0 Å². The average molecular weight is 403 g/mol. The Balaban J connectivity index is 0.000000510. The summed E-state index contributed by atoms with van der Waals surface area (Å²) in [5.74, 6) is 3.33. The van der Waals surface area contributed by atoms with Gasteiger partial charge in [-0.05, 0) is 29.6 Å². The molecule has 0 N–H and O–H groups in total. The SMILES string of the molecule is [CH2-]C(C)(C)C1C2C=CC=CC2C2C=CC=CC21.[CH3-].[Cl][Zr+2][Cl]. The molecule has 0 aromatic carbocycles. The standard InChI is InChI=1S/C17H21.CH3.2ClH.Zr/c1-17(2,3)16-14-10-6-4-8-12(14)13-9-5-7-11-15(13)16;;;;/h4-16H,1H2,2-3H3;1H3;2*1H;/q2*-1;;;+4/p-2. The van der Waals surface area contributed by atoms with E-state index < -0.39 is 20.8 Å². The molecule has 3 aliphatic carbocycles. The third-order valence-corrected chi connectivity index (χ3v) is 4.62. The van der Waals surface area contributed by atoms with Crippen LogP contribution in [0.1, 0.15) is 13.8 Å². The second-order valence-electron chi connectivity index (χ2n) is 6.43. The summed E-state index contributed by atoms with van der Waals surface area (Å²) in [5, 5.41) is 0. The molecule has 0 bridgehead atoms. The number of halogens is 2. The molecule has 1 fully saturated rings. The fourth-order valence-electron chi connectivity index (χ4n) is 4.07. The first-order valence-corrected chi connectivity index (χ1v) is 13.4. The van der Waals surface area contributed by atoms with Gasteiger partial charge in [0.15, 0.2) is 0 Å². The topological polar surface area (TPSA) is 0 Å². The molecule has 0 heterocycles. The Kier molecular flexibility index (Phi) is 7.72. The van der Waals surface area contributed by atoms with Gasteiger partial charge in [0.1, 0.15) is 0 Å². The molecule has 0 nitrogen and oxygen atoms in total. The molecular formula is C18H24Cl2Zr. The molecule has 0 aromatic rings. The van der Waals surface area contributed by atoms with Crippen molar-refractivity contribution in [3.05, 3.63) is 63.0 Å². The van der Waals surface area contributed by atoms with Crippen LogP contribution in [0.3, 0.4) is 0 Å². The van der Waals surface area contributed by atoms with Crippen molar-refractivity contribution in [2.75, 3.05) is 0 Å². The minimum atomic E-state index is -0.826. The summed E-state index contributed by atoms with van der Waals surface area (Å²) in [4.78, 5) is 0. The molecule has 0 amide bonds. The van der Waals surface area contributed by atoms with Crippen LogP contribution in [-0.2, 0) is 20.8 Å². The Labute approximate surface area is 149 Å². The van der Waals surface area contributed by atoms with Gasteiger partial charge in [-0.15, -0.1) is 0 Å². The van der Waals surface area contributed by atoms with Crippen molar-refractivity contribution < 1.29 is 20.8 Å². The van der Waals surface area contributed by atoms with E-state index in [2.05, 4.69) is 69.4 Å². The zero-order valence-electron chi connectivity index (χ0n) is 13.0. The van der Waals surface area contributed by atoms with E-state index in [0.29, 0.717) is 29.6 Å². The zero-order valence-corrected chi connectivity index (χ0v) is 16.9. The molecule has 1 saturated carbocycles. The Morgan fingerprint density at radius 3 is 1.38 bits per heavy atom. The third kappa shape index (κ3) is 4.24. The van der Waals surface area contributed by atoms with E-state index in [1.54, 1.807) is 0 Å². The van der Waals surface area contributed by atoms with Gasteiger partial charge in [-0.3, -0.25) is 0 Å². The summed E-state index contributed by atoms with van der Waals surface area (Å²) in [7, 11) is 9.87. The average Bonchev–Trinajstić information content (AvgIpc) is 2.74. The van der Waals surface area contributed by atoms with E-state index in [1.165, 1.54) is 0 Å². The van der Waals surface area contributed by atoms with Gasteiger partial charge in [-0.25, -0.2) is 0 Å². The Morgan fingerprint density at radius 2 is 1.10 bits per heavy atom. The summed E-state index contributed by atoms with van der Waals surface area (Å²) < 4.78 is 0. The van der Waals surface area contributed by atoms with E-state index in [4.69, 9.17) is 17.0 Å². The van der Waals surface area contributed by atoms with Gasteiger partial charge < -0.3 is 14.4 Å². The maximum absolute atomic E-state index is 4.93. The predicted octanol–water partition coefficient (Wildman–Crippen LogP) is 6.02. The number of allylic oxidation sites excluding steroid dienone is 8. The monoisotopic (exact) mass is 400 g/mol. The summed E-state index contributed by atoms with van der Waals surface area (Å²) in [5.41, 5.74) is 0.132. The summed E-state index contributed by atoms with van der Waals surface area (Å²) in [6, 6.07) is 0. The van der Waals surface area contributed by atoms with Crippen molar-refractivity contribution in [3.8, 4) is 0 Å². The second kappa shape index (κ2) is 8.32. The van der Waals surface area contributed by atoms with Gasteiger partial charge in [-0.1, -0.05) is 62.5 Å². The van der Waals surface area contributed by atoms with Gasteiger partial charge in [0.25, 0.3) is 0 Å². The first kappa shape index (κ1) is 19.5. The molecule has 0 saturated heterocycles. The molecule has 114 valence electrons. The molecule has 4 unspecified atom stereocenters. The van der Waals surface area contributed by atoms with Crippen molar-refractivity contribution in [3.63, 3.8) is 0 Å². The number of rotatable bonds is 1. The number of hydrogen-bond donors (Lipinski definition) is 0. The third-order valence-electron chi connectivity index (χ3n) is 4.62. The summed E-state index contributed by atoms with van der Waals surface area (Å²) >= 11 is -0.826. The van der Waals surface area contributed by atoms with Crippen LogP contribution in [0.15, 0.2) is 48.6 Å². The molecule has 0 aromatic heterocycles. The van der Waals surface area contributed by atoms with Gasteiger partial charge in [0, 0.05) is 0 Å². The van der Waals surface area contributed by atoms with Gasteiger partial charge in [-0.2, -0.15) is 5.41 Å². The van der Waals surface area contributed by atoms with Gasteiger partial charge in [0.05, 0.1) is 0 Å². The van der Waals surface area contributed by atoms with E-state index in [9.17, 15) is 0 Å². The van der Waals surface area contributed by atoms with Crippen molar-refractivity contribution >= 4 is 17.0 Å². The van der Waals surface area contributed by atoms with Crippen LogP contribution >= 0.6 is 17.0 Å². The normalized spacial score (nSPS) is 35.0. The van der Waals surface area contributed by atoms with Gasteiger partial charge in [0.2, 0.25) is 0 Å². The molecule has 3 aliphatic rings. The van der Waals surface area contributed by atoms with Crippen molar-refractivity contribution in [2.45, 2.75) is 13.8 Å². The molecule has 0 radical (unpaired) electrons. The van der Waals surface area contributed by atoms with Crippen LogP contribution in [0.25, 0.3) is 0 Å². The quantitative estimate of drug-likeness (QED) is 0.471. The predicted molar refractivity (Wildman–Crippen MR) is 91.3 cm³/mol. The number of fused-ring (bicyclic) bond motifs is 3. The number of hydrogen-bond acceptors (Lipinski definition) is 0. The van der Waals surface area contributed by atoms with Gasteiger partial charge >= 0.3 is 37.9 Å². The molecule has 3 rings (SSSR count). The molecule has 4 atom stereocenters. The molecule has 3 heteroatoms. The fraction of sp³-hybridized carbons (Fsp3) is 0.444. The Bertz CT molecular complexity index is 409. The minimum absolute atomic E-state index is 0. The van der Waals surface area contributed by atoms with Crippen LogP contribution < -0.4 is 0 Å².